The average molecular weight is 387 g/mol. The molecule has 2 aliphatic heterocycles. The van der Waals surface area contributed by atoms with E-state index in [4.69, 9.17) is 9.47 Å². The molecule has 0 unspecified atom stereocenters. The Kier molecular flexibility index (Phi) is 4.76. The number of carbonyl (C=O) groups excluding carboxylic acids is 2. The largest absolute Gasteiger partial charge is 0.458 e. The van der Waals surface area contributed by atoms with Crippen LogP contribution in [0.4, 0.5) is 0 Å². The first kappa shape index (κ1) is 18.8. The van der Waals surface area contributed by atoms with E-state index in [0.717, 1.165) is 0 Å². The number of aromatic nitrogens is 2. The van der Waals surface area contributed by atoms with Crippen LogP contribution in [-0.4, -0.2) is 68.5 Å². The van der Waals surface area contributed by atoms with Crippen LogP contribution in [0.5, 0.6) is 0 Å². The number of hydrogen-bond donors (Lipinski definition) is 1. The standard InChI is InChI=1S/C20H25N3O5/c1-21-8-4-6-13(21)19(25)27-12-10-15-17(24)18(16(11-12)23(15)3)28-20(26)14-7-5-9-22(14)2/h4-9,12,15-18,24H,10-11H2,1-3H3/t12-,15+,16-,17-,18+/m1/s1. The lowest BCUT2D eigenvalue weighted by Crippen LogP contribution is -2.46. The van der Waals surface area contributed by atoms with E-state index in [1.54, 1.807) is 59.9 Å². The molecule has 8 heteroatoms. The maximum atomic E-state index is 12.5. The monoisotopic (exact) mass is 387 g/mol. The van der Waals surface area contributed by atoms with Crippen molar-refractivity contribution in [1.29, 1.82) is 0 Å². The van der Waals surface area contributed by atoms with Crippen molar-refractivity contribution in [2.24, 2.45) is 14.1 Å². The second kappa shape index (κ2) is 7.10. The highest BCUT2D eigenvalue weighted by molar-refractivity contribution is 5.88. The van der Waals surface area contributed by atoms with Crippen molar-refractivity contribution in [3.8, 4) is 0 Å². The van der Waals surface area contributed by atoms with Gasteiger partial charge in [-0.2, -0.15) is 0 Å². The van der Waals surface area contributed by atoms with Crippen molar-refractivity contribution in [2.75, 3.05) is 7.05 Å². The van der Waals surface area contributed by atoms with Crippen LogP contribution < -0.4 is 0 Å². The Bertz CT molecular complexity index is 888. The van der Waals surface area contributed by atoms with Crippen molar-refractivity contribution in [2.45, 2.75) is 43.2 Å². The predicted octanol–water partition coefficient (Wildman–Crippen LogP) is 0.952. The summed E-state index contributed by atoms with van der Waals surface area (Å²) in [6.45, 7) is 0. The van der Waals surface area contributed by atoms with E-state index in [2.05, 4.69) is 0 Å². The van der Waals surface area contributed by atoms with Gasteiger partial charge in [0.25, 0.3) is 0 Å². The third-order valence-electron chi connectivity index (χ3n) is 5.99. The Balaban J connectivity index is 1.46. The molecule has 2 bridgehead atoms. The number of piperidine rings is 1. The highest BCUT2D eigenvalue weighted by atomic mass is 16.6. The topological polar surface area (TPSA) is 85.9 Å². The van der Waals surface area contributed by atoms with Gasteiger partial charge in [-0.3, -0.25) is 4.90 Å². The summed E-state index contributed by atoms with van der Waals surface area (Å²) in [5, 5.41) is 10.8. The summed E-state index contributed by atoms with van der Waals surface area (Å²) >= 11 is 0. The quantitative estimate of drug-likeness (QED) is 0.787. The Morgan fingerprint density at radius 3 is 2.00 bits per heavy atom. The van der Waals surface area contributed by atoms with Gasteiger partial charge in [0, 0.05) is 45.4 Å². The van der Waals surface area contributed by atoms with E-state index >= 15 is 0 Å². The maximum absolute atomic E-state index is 12.5. The second-order valence-corrected chi connectivity index (χ2v) is 7.67. The van der Waals surface area contributed by atoms with E-state index in [1.807, 2.05) is 11.9 Å². The lowest BCUT2D eigenvalue weighted by molar-refractivity contribution is -0.0181. The zero-order valence-corrected chi connectivity index (χ0v) is 16.2. The summed E-state index contributed by atoms with van der Waals surface area (Å²) in [6.07, 6.45) is 2.76. The van der Waals surface area contributed by atoms with E-state index < -0.39 is 18.2 Å². The minimum atomic E-state index is -0.821. The van der Waals surface area contributed by atoms with Gasteiger partial charge in [0.1, 0.15) is 29.7 Å². The molecule has 150 valence electrons. The first-order valence-corrected chi connectivity index (χ1v) is 9.41. The SMILES string of the molecule is CN1[C@@H]2C[C@H](OC(=O)c3cccn3C)C[C@H]1[C@@H](O)[C@H]2OC(=O)c1cccn1C. The smallest absolute Gasteiger partial charge is 0.355 e. The molecule has 0 aliphatic carbocycles. The van der Waals surface area contributed by atoms with E-state index in [-0.39, 0.29) is 24.2 Å². The molecule has 5 atom stereocenters. The van der Waals surface area contributed by atoms with Gasteiger partial charge in [-0.1, -0.05) is 0 Å². The van der Waals surface area contributed by atoms with Crippen LogP contribution in [0.15, 0.2) is 36.7 Å². The molecule has 28 heavy (non-hydrogen) atoms. The zero-order valence-electron chi connectivity index (χ0n) is 16.2. The number of carbonyl (C=O) groups is 2. The number of likely N-dealkylation sites (N-methyl/N-ethyl adjacent to an activating group) is 1. The fourth-order valence-electron chi connectivity index (χ4n) is 4.39. The normalized spacial score (nSPS) is 29.6. The summed E-state index contributed by atoms with van der Waals surface area (Å²) in [4.78, 5) is 27.0. The molecule has 2 aliphatic rings. The molecular formula is C20H25N3O5. The van der Waals surface area contributed by atoms with Gasteiger partial charge in [0.15, 0.2) is 0 Å². The predicted molar refractivity (Wildman–Crippen MR) is 99.8 cm³/mol. The number of nitrogens with zero attached hydrogens (tertiary/aromatic N) is 3. The van der Waals surface area contributed by atoms with Gasteiger partial charge in [-0.25, -0.2) is 9.59 Å². The third kappa shape index (κ3) is 3.12. The Morgan fingerprint density at radius 1 is 0.929 bits per heavy atom. The molecule has 0 saturated carbocycles. The second-order valence-electron chi connectivity index (χ2n) is 7.67. The van der Waals surface area contributed by atoms with Gasteiger partial charge in [-0.05, 0) is 31.3 Å². The molecule has 8 nitrogen and oxygen atoms in total. The van der Waals surface area contributed by atoms with Crippen molar-refractivity contribution >= 4 is 11.9 Å². The summed E-state index contributed by atoms with van der Waals surface area (Å²) in [5.74, 6) is -0.844. The molecule has 0 aromatic carbocycles. The van der Waals surface area contributed by atoms with Gasteiger partial charge >= 0.3 is 11.9 Å². The van der Waals surface area contributed by atoms with Crippen LogP contribution in [0.25, 0.3) is 0 Å². The average Bonchev–Trinajstić information content (AvgIpc) is 3.30. The Labute approximate surface area is 163 Å². The number of rotatable bonds is 4. The molecule has 4 heterocycles. The first-order valence-electron chi connectivity index (χ1n) is 9.41. The van der Waals surface area contributed by atoms with Crippen LogP contribution in [0.2, 0.25) is 0 Å². The number of aliphatic hydroxyl groups excluding tert-OH is 1. The van der Waals surface area contributed by atoms with Crippen molar-refractivity contribution in [3.63, 3.8) is 0 Å². The summed E-state index contributed by atoms with van der Waals surface area (Å²) in [7, 11) is 5.47. The van der Waals surface area contributed by atoms with Gasteiger partial charge in [0.05, 0.1) is 6.04 Å². The zero-order chi connectivity index (χ0) is 20.0. The molecule has 0 radical (unpaired) electrons. The molecule has 0 amide bonds. The minimum absolute atomic E-state index is 0.204. The molecule has 2 aromatic rings. The van der Waals surface area contributed by atoms with E-state index in [9.17, 15) is 14.7 Å². The van der Waals surface area contributed by atoms with Crippen molar-refractivity contribution in [3.05, 3.63) is 48.0 Å². The molecule has 2 fully saturated rings. The van der Waals surface area contributed by atoms with Crippen LogP contribution in [0.3, 0.4) is 0 Å². The lowest BCUT2D eigenvalue weighted by Gasteiger charge is -2.36. The summed E-state index contributed by atoms with van der Waals surface area (Å²) in [5.41, 5.74) is 0.918. The first-order chi connectivity index (χ1) is 13.4. The summed E-state index contributed by atoms with van der Waals surface area (Å²) in [6, 6.07) is 6.53. The van der Waals surface area contributed by atoms with Crippen LogP contribution in [-0.2, 0) is 23.6 Å². The highest BCUT2D eigenvalue weighted by Crippen LogP contribution is 2.38. The van der Waals surface area contributed by atoms with Gasteiger partial charge < -0.3 is 23.7 Å². The van der Waals surface area contributed by atoms with Crippen LogP contribution in [0, 0.1) is 0 Å². The number of aryl methyl sites for hydroxylation is 2. The molecule has 0 spiro atoms. The minimum Gasteiger partial charge on any atom is -0.458 e. The fourth-order valence-corrected chi connectivity index (χ4v) is 4.39. The number of ether oxygens (including phenoxy) is 2. The van der Waals surface area contributed by atoms with Crippen molar-refractivity contribution < 1.29 is 24.2 Å². The number of hydrogen-bond acceptors (Lipinski definition) is 6. The number of esters is 2. The lowest BCUT2D eigenvalue weighted by atomic mass is 10.00. The van der Waals surface area contributed by atoms with Crippen LogP contribution >= 0.6 is 0 Å². The van der Waals surface area contributed by atoms with E-state index in [1.165, 1.54) is 0 Å². The number of fused-ring (bicyclic) bond motifs is 2. The molecule has 1 N–H and O–H groups in total. The molecule has 2 aromatic heterocycles. The maximum Gasteiger partial charge on any atom is 0.355 e. The highest BCUT2D eigenvalue weighted by Gasteiger charge is 2.54. The van der Waals surface area contributed by atoms with Crippen LogP contribution in [0.1, 0.15) is 33.8 Å². The summed E-state index contributed by atoms with van der Waals surface area (Å²) < 4.78 is 14.8. The van der Waals surface area contributed by atoms with Gasteiger partial charge in [-0.15, -0.1) is 0 Å². The molecule has 4 rings (SSSR count). The third-order valence-corrected chi connectivity index (χ3v) is 5.99. The fraction of sp³-hybridized carbons (Fsp3) is 0.500. The number of aliphatic hydroxyl groups is 1. The molecular weight excluding hydrogens is 362 g/mol. The molecule has 2 saturated heterocycles. The van der Waals surface area contributed by atoms with E-state index in [0.29, 0.717) is 24.2 Å². The van der Waals surface area contributed by atoms with Crippen molar-refractivity contribution in [1.82, 2.24) is 14.0 Å². The Morgan fingerprint density at radius 2 is 1.46 bits per heavy atom. The van der Waals surface area contributed by atoms with Gasteiger partial charge in [0.2, 0.25) is 0 Å². The Hall–Kier alpha value is -2.58.